The molecular weight excluding hydrogens is 275 g/mol. The van der Waals surface area contributed by atoms with E-state index in [0.717, 1.165) is 0 Å². The predicted octanol–water partition coefficient (Wildman–Crippen LogP) is 1.41. The van der Waals surface area contributed by atoms with E-state index in [4.69, 9.17) is 15.2 Å². The molecule has 0 aromatic heterocycles. The highest BCUT2D eigenvalue weighted by molar-refractivity contribution is 5.94. The third kappa shape index (κ3) is 3.51. The van der Waals surface area contributed by atoms with Gasteiger partial charge in [0, 0.05) is 25.2 Å². The molecule has 1 fully saturated rings. The quantitative estimate of drug-likeness (QED) is 0.916. The molecule has 1 atom stereocenters. The fourth-order valence-electron chi connectivity index (χ4n) is 2.56. The second-order valence-corrected chi connectivity index (χ2v) is 5.77. The van der Waals surface area contributed by atoms with Crippen molar-refractivity contribution in [2.24, 2.45) is 5.73 Å². The van der Waals surface area contributed by atoms with Crippen molar-refractivity contribution in [3.05, 3.63) is 29.6 Å². The van der Waals surface area contributed by atoms with Crippen LogP contribution in [-0.4, -0.2) is 49.3 Å². The minimum Gasteiger partial charge on any atom is -0.494 e. The first-order valence-electron chi connectivity index (χ1n) is 6.87. The molecule has 6 heteroatoms. The number of methoxy groups -OCH3 is 1. The molecule has 1 heterocycles. The van der Waals surface area contributed by atoms with E-state index in [2.05, 4.69) is 0 Å². The van der Waals surface area contributed by atoms with E-state index in [9.17, 15) is 9.18 Å². The minimum atomic E-state index is -0.550. The van der Waals surface area contributed by atoms with Gasteiger partial charge in [-0.15, -0.1) is 0 Å². The average molecular weight is 296 g/mol. The van der Waals surface area contributed by atoms with Gasteiger partial charge in [0.25, 0.3) is 5.91 Å². The van der Waals surface area contributed by atoms with Gasteiger partial charge in [-0.25, -0.2) is 4.39 Å². The molecule has 0 aliphatic carbocycles. The van der Waals surface area contributed by atoms with Gasteiger partial charge in [-0.3, -0.25) is 4.79 Å². The Kier molecular flexibility index (Phi) is 4.49. The molecule has 1 aromatic rings. The zero-order chi connectivity index (χ0) is 15.6. The Balaban J connectivity index is 2.20. The van der Waals surface area contributed by atoms with E-state index >= 15 is 0 Å². The van der Waals surface area contributed by atoms with Crippen LogP contribution in [0.2, 0.25) is 0 Å². The third-order valence-electron chi connectivity index (χ3n) is 3.43. The van der Waals surface area contributed by atoms with E-state index in [1.165, 1.54) is 19.2 Å². The summed E-state index contributed by atoms with van der Waals surface area (Å²) in [6, 6.07) is 4.21. The summed E-state index contributed by atoms with van der Waals surface area (Å²) in [6.45, 7) is 5.00. The van der Waals surface area contributed by atoms with Crippen LogP contribution in [0.15, 0.2) is 18.2 Å². The Hall–Kier alpha value is -1.66. The summed E-state index contributed by atoms with van der Waals surface area (Å²) in [4.78, 5) is 14.2. The van der Waals surface area contributed by atoms with Crippen molar-refractivity contribution in [2.45, 2.75) is 25.6 Å². The van der Waals surface area contributed by atoms with Crippen molar-refractivity contribution < 1.29 is 18.7 Å². The molecule has 1 aliphatic rings. The number of ether oxygens (including phenoxy) is 2. The van der Waals surface area contributed by atoms with E-state index in [1.54, 1.807) is 11.0 Å². The number of nitrogens with zero attached hydrogens (tertiary/aromatic N) is 1. The Morgan fingerprint density at radius 3 is 2.86 bits per heavy atom. The fraction of sp³-hybridized carbons (Fsp3) is 0.533. The number of halogens is 1. The Labute approximate surface area is 123 Å². The highest BCUT2D eigenvalue weighted by atomic mass is 19.1. The second kappa shape index (κ2) is 5.99. The molecule has 2 N–H and O–H groups in total. The van der Waals surface area contributed by atoms with E-state index in [-0.39, 0.29) is 17.8 Å². The van der Waals surface area contributed by atoms with Gasteiger partial charge in [-0.05, 0) is 32.0 Å². The summed E-state index contributed by atoms with van der Waals surface area (Å²) in [7, 11) is 1.39. The van der Waals surface area contributed by atoms with Gasteiger partial charge in [0.15, 0.2) is 11.6 Å². The summed E-state index contributed by atoms with van der Waals surface area (Å²) < 4.78 is 24.4. The van der Waals surface area contributed by atoms with Gasteiger partial charge in [-0.1, -0.05) is 0 Å². The SMILES string of the molecule is COc1ccc(C(=O)N2CC(CN)OC(C)(C)C2)cc1F. The van der Waals surface area contributed by atoms with Crippen LogP contribution in [0.3, 0.4) is 0 Å². The first-order chi connectivity index (χ1) is 9.86. The third-order valence-corrected chi connectivity index (χ3v) is 3.43. The molecule has 0 spiro atoms. The van der Waals surface area contributed by atoms with Crippen molar-refractivity contribution in [2.75, 3.05) is 26.7 Å². The number of nitrogens with two attached hydrogens (primary N) is 1. The summed E-state index contributed by atoms with van der Waals surface area (Å²) in [5, 5.41) is 0. The Morgan fingerprint density at radius 1 is 1.57 bits per heavy atom. The molecule has 1 amide bonds. The highest BCUT2D eigenvalue weighted by Crippen LogP contribution is 2.24. The molecule has 1 aliphatic heterocycles. The summed E-state index contributed by atoms with van der Waals surface area (Å²) in [5.74, 6) is -0.661. The highest BCUT2D eigenvalue weighted by Gasteiger charge is 2.35. The Morgan fingerprint density at radius 2 is 2.29 bits per heavy atom. The number of hydrogen-bond acceptors (Lipinski definition) is 4. The van der Waals surface area contributed by atoms with Crippen molar-refractivity contribution in [3.8, 4) is 5.75 Å². The molecule has 0 saturated carbocycles. The van der Waals surface area contributed by atoms with Crippen molar-refractivity contribution in [3.63, 3.8) is 0 Å². The van der Waals surface area contributed by atoms with Crippen LogP contribution in [0.1, 0.15) is 24.2 Å². The number of amides is 1. The lowest BCUT2D eigenvalue weighted by molar-refractivity contribution is -0.122. The second-order valence-electron chi connectivity index (χ2n) is 5.77. The molecular formula is C15H21FN2O3. The number of carbonyl (C=O) groups excluding carboxylic acids is 1. The van der Waals surface area contributed by atoms with Crippen LogP contribution in [-0.2, 0) is 4.74 Å². The number of rotatable bonds is 3. The lowest BCUT2D eigenvalue weighted by Gasteiger charge is -2.42. The maximum atomic E-state index is 13.7. The summed E-state index contributed by atoms with van der Waals surface area (Å²) >= 11 is 0. The fourth-order valence-corrected chi connectivity index (χ4v) is 2.56. The molecule has 5 nitrogen and oxygen atoms in total. The summed E-state index contributed by atoms with van der Waals surface area (Å²) in [5.41, 5.74) is 5.47. The monoisotopic (exact) mass is 296 g/mol. The van der Waals surface area contributed by atoms with Crippen LogP contribution in [0, 0.1) is 5.82 Å². The van der Waals surface area contributed by atoms with E-state index in [1.807, 2.05) is 13.8 Å². The first-order valence-corrected chi connectivity index (χ1v) is 6.87. The van der Waals surface area contributed by atoms with Crippen molar-refractivity contribution in [1.29, 1.82) is 0 Å². The molecule has 0 radical (unpaired) electrons. The smallest absolute Gasteiger partial charge is 0.254 e. The van der Waals surface area contributed by atoms with Gasteiger partial charge < -0.3 is 20.1 Å². The standard InChI is InChI=1S/C15H21FN2O3/c1-15(2)9-18(8-11(7-17)21-15)14(19)10-4-5-13(20-3)12(16)6-10/h4-6,11H,7-9,17H2,1-3H3. The van der Waals surface area contributed by atoms with Crippen LogP contribution >= 0.6 is 0 Å². The largest absolute Gasteiger partial charge is 0.494 e. The lowest BCUT2D eigenvalue weighted by atomic mass is 10.0. The van der Waals surface area contributed by atoms with Crippen LogP contribution < -0.4 is 10.5 Å². The topological polar surface area (TPSA) is 64.8 Å². The minimum absolute atomic E-state index is 0.119. The zero-order valence-corrected chi connectivity index (χ0v) is 12.6. The van der Waals surface area contributed by atoms with E-state index < -0.39 is 11.4 Å². The van der Waals surface area contributed by atoms with Crippen molar-refractivity contribution in [1.82, 2.24) is 4.90 Å². The molecule has 1 saturated heterocycles. The molecule has 1 unspecified atom stereocenters. The van der Waals surface area contributed by atoms with Crippen LogP contribution in [0.4, 0.5) is 4.39 Å². The maximum Gasteiger partial charge on any atom is 0.254 e. The van der Waals surface area contributed by atoms with Crippen LogP contribution in [0.5, 0.6) is 5.75 Å². The summed E-state index contributed by atoms with van der Waals surface area (Å²) in [6.07, 6.45) is -0.208. The Bertz CT molecular complexity index is 534. The normalized spacial score (nSPS) is 21.2. The molecule has 21 heavy (non-hydrogen) atoms. The van der Waals surface area contributed by atoms with Gasteiger partial charge >= 0.3 is 0 Å². The van der Waals surface area contributed by atoms with Crippen LogP contribution in [0.25, 0.3) is 0 Å². The zero-order valence-electron chi connectivity index (χ0n) is 12.6. The molecule has 116 valence electrons. The molecule has 2 rings (SSSR count). The predicted molar refractivity (Wildman–Crippen MR) is 76.9 cm³/mol. The number of carbonyl (C=O) groups is 1. The average Bonchev–Trinajstić information content (AvgIpc) is 2.44. The van der Waals surface area contributed by atoms with Gasteiger partial charge in [0.2, 0.25) is 0 Å². The molecule has 0 bridgehead atoms. The maximum absolute atomic E-state index is 13.7. The number of morpholine rings is 1. The van der Waals surface area contributed by atoms with Crippen molar-refractivity contribution >= 4 is 5.91 Å². The van der Waals surface area contributed by atoms with Gasteiger partial charge in [-0.2, -0.15) is 0 Å². The molecule has 1 aromatic carbocycles. The van der Waals surface area contributed by atoms with Gasteiger partial charge in [0.05, 0.1) is 18.8 Å². The number of benzene rings is 1. The number of hydrogen-bond donors (Lipinski definition) is 1. The van der Waals surface area contributed by atoms with Gasteiger partial charge in [0.1, 0.15) is 0 Å². The lowest BCUT2D eigenvalue weighted by Crippen LogP contribution is -2.56. The first kappa shape index (κ1) is 15.7. The van der Waals surface area contributed by atoms with E-state index in [0.29, 0.717) is 25.2 Å².